The molecule has 1 N–H and O–H groups in total. The molecule has 0 radical (unpaired) electrons. The van der Waals surface area contributed by atoms with Crippen molar-refractivity contribution < 1.29 is 9.90 Å². The molecule has 86 valence electrons. The van der Waals surface area contributed by atoms with Crippen molar-refractivity contribution in [1.29, 1.82) is 5.26 Å². The van der Waals surface area contributed by atoms with Gasteiger partial charge in [-0.3, -0.25) is 4.79 Å². The van der Waals surface area contributed by atoms with Crippen molar-refractivity contribution in [2.24, 2.45) is 0 Å². The number of carbonyl (C=O) groups is 1. The van der Waals surface area contributed by atoms with Crippen molar-refractivity contribution in [2.45, 2.75) is 5.60 Å². The first kappa shape index (κ1) is 10.7. The fraction of sp³-hybridized carbons (Fsp3) is 0.0667. The SMILES string of the molecule is C=C(C#N)C1(O)C(=O)c2cccc3cccc1c23. The van der Waals surface area contributed by atoms with Crippen LogP contribution in [-0.4, -0.2) is 10.9 Å². The Morgan fingerprint density at radius 2 is 1.94 bits per heavy atom. The van der Waals surface area contributed by atoms with Crippen molar-refractivity contribution in [3.63, 3.8) is 0 Å². The molecule has 0 aliphatic heterocycles. The van der Waals surface area contributed by atoms with Crippen molar-refractivity contribution in [3.8, 4) is 6.07 Å². The molecule has 1 aliphatic carbocycles. The molecule has 0 saturated carbocycles. The van der Waals surface area contributed by atoms with Crippen LogP contribution in [0.2, 0.25) is 0 Å². The normalized spacial score (nSPS) is 21.0. The lowest BCUT2D eigenvalue weighted by Crippen LogP contribution is -2.33. The third-order valence-electron chi connectivity index (χ3n) is 3.44. The Morgan fingerprint density at radius 1 is 1.28 bits per heavy atom. The van der Waals surface area contributed by atoms with Crippen LogP contribution in [0.3, 0.4) is 0 Å². The van der Waals surface area contributed by atoms with Crippen LogP contribution in [0.4, 0.5) is 0 Å². The van der Waals surface area contributed by atoms with E-state index in [-0.39, 0.29) is 5.57 Å². The molecule has 0 amide bonds. The minimum absolute atomic E-state index is 0.142. The number of rotatable bonds is 1. The second-order valence-electron chi connectivity index (χ2n) is 4.34. The smallest absolute Gasteiger partial charge is 0.205 e. The summed E-state index contributed by atoms with van der Waals surface area (Å²) in [5, 5.41) is 21.1. The monoisotopic (exact) mass is 235 g/mol. The minimum Gasteiger partial charge on any atom is -0.372 e. The largest absolute Gasteiger partial charge is 0.372 e. The highest BCUT2D eigenvalue weighted by atomic mass is 16.3. The number of nitrogens with zero attached hydrogens (tertiary/aromatic N) is 1. The zero-order valence-corrected chi connectivity index (χ0v) is 9.47. The van der Waals surface area contributed by atoms with E-state index in [1.54, 1.807) is 30.3 Å². The van der Waals surface area contributed by atoms with Gasteiger partial charge in [0, 0.05) is 11.1 Å². The summed E-state index contributed by atoms with van der Waals surface area (Å²) in [7, 11) is 0. The summed E-state index contributed by atoms with van der Waals surface area (Å²) in [6.07, 6.45) is 0. The molecule has 2 aromatic rings. The Balaban J connectivity index is 2.47. The van der Waals surface area contributed by atoms with Gasteiger partial charge < -0.3 is 5.11 Å². The van der Waals surface area contributed by atoms with Gasteiger partial charge in [-0.25, -0.2) is 0 Å². The highest BCUT2D eigenvalue weighted by molar-refractivity contribution is 6.21. The Kier molecular flexibility index (Phi) is 1.95. The molecule has 1 atom stereocenters. The quantitative estimate of drug-likeness (QED) is 0.771. The van der Waals surface area contributed by atoms with Crippen molar-refractivity contribution in [3.05, 3.63) is 59.7 Å². The number of hydrogen-bond acceptors (Lipinski definition) is 3. The van der Waals surface area contributed by atoms with Crippen LogP contribution < -0.4 is 0 Å². The number of hydrogen-bond donors (Lipinski definition) is 1. The summed E-state index contributed by atoms with van der Waals surface area (Å²) in [5.74, 6) is -0.471. The van der Waals surface area contributed by atoms with Gasteiger partial charge in [-0.1, -0.05) is 43.0 Å². The van der Waals surface area contributed by atoms with E-state index in [9.17, 15) is 9.90 Å². The predicted molar refractivity (Wildman–Crippen MR) is 66.9 cm³/mol. The first-order valence-corrected chi connectivity index (χ1v) is 5.49. The summed E-state index contributed by atoms with van der Waals surface area (Å²) in [5.41, 5.74) is -1.15. The fourth-order valence-corrected chi connectivity index (χ4v) is 2.53. The van der Waals surface area contributed by atoms with Crippen LogP contribution in [0.15, 0.2) is 48.6 Å². The molecule has 0 aromatic heterocycles. The molecule has 0 spiro atoms. The van der Waals surface area contributed by atoms with Gasteiger partial charge in [0.2, 0.25) is 5.78 Å². The maximum atomic E-state index is 12.3. The van der Waals surface area contributed by atoms with Crippen LogP contribution in [0.25, 0.3) is 10.8 Å². The van der Waals surface area contributed by atoms with Gasteiger partial charge in [-0.15, -0.1) is 0 Å². The first-order valence-electron chi connectivity index (χ1n) is 5.49. The highest BCUT2D eigenvalue weighted by Gasteiger charge is 2.48. The lowest BCUT2D eigenvalue weighted by atomic mass is 9.87. The molecule has 1 aliphatic rings. The van der Waals surface area contributed by atoms with E-state index in [0.717, 1.165) is 5.39 Å². The molecular formula is C15H9NO2. The molecule has 0 heterocycles. The van der Waals surface area contributed by atoms with Crippen LogP contribution >= 0.6 is 0 Å². The van der Waals surface area contributed by atoms with E-state index < -0.39 is 11.4 Å². The summed E-state index contributed by atoms with van der Waals surface area (Å²) in [6.45, 7) is 3.52. The Labute approximate surface area is 104 Å². The predicted octanol–water partition coefficient (Wildman–Crippen LogP) is 2.30. The Bertz CT molecular complexity index is 749. The Morgan fingerprint density at radius 3 is 2.61 bits per heavy atom. The van der Waals surface area contributed by atoms with Gasteiger partial charge >= 0.3 is 0 Å². The van der Waals surface area contributed by atoms with E-state index in [2.05, 4.69) is 6.58 Å². The molecule has 3 rings (SSSR count). The van der Waals surface area contributed by atoms with Gasteiger partial charge in [0.05, 0.1) is 11.6 Å². The van der Waals surface area contributed by atoms with E-state index >= 15 is 0 Å². The topological polar surface area (TPSA) is 61.1 Å². The van der Waals surface area contributed by atoms with Crippen LogP contribution in [-0.2, 0) is 5.60 Å². The zero-order valence-electron chi connectivity index (χ0n) is 9.47. The second kappa shape index (κ2) is 3.28. The van der Waals surface area contributed by atoms with E-state index in [0.29, 0.717) is 16.5 Å². The fourth-order valence-electron chi connectivity index (χ4n) is 2.53. The van der Waals surface area contributed by atoms with Crippen molar-refractivity contribution in [2.75, 3.05) is 0 Å². The Hall–Kier alpha value is -2.44. The van der Waals surface area contributed by atoms with Gasteiger partial charge in [0.15, 0.2) is 5.60 Å². The standard InChI is InChI=1S/C15H9NO2/c1-9(8-16)15(18)12-7-3-5-10-4-2-6-11(13(10)12)14(15)17/h2-7,18H,1H2. The van der Waals surface area contributed by atoms with E-state index in [1.807, 2.05) is 12.1 Å². The van der Waals surface area contributed by atoms with Crippen molar-refractivity contribution in [1.82, 2.24) is 0 Å². The number of aliphatic hydroxyl groups is 1. The first-order chi connectivity index (χ1) is 8.60. The van der Waals surface area contributed by atoms with Gasteiger partial charge in [-0.2, -0.15) is 5.26 Å². The molecule has 0 fully saturated rings. The molecule has 3 nitrogen and oxygen atoms in total. The molecule has 0 bridgehead atoms. The van der Waals surface area contributed by atoms with Crippen molar-refractivity contribution >= 4 is 16.6 Å². The zero-order chi connectivity index (χ0) is 12.9. The minimum atomic E-state index is -1.90. The van der Waals surface area contributed by atoms with Gasteiger partial charge in [0.1, 0.15) is 0 Å². The maximum Gasteiger partial charge on any atom is 0.205 e. The third kappa shape index (κ3) is 1.03. The summed E-state index contributed by atoms with van der Waals surface area (Å²) in [6, 6.07) is 12.4. The molecule has 1 unspecified atom stereocenters. The average molecular weight is 235 g/mol. The average Bonchev–Trinajstić information content (AvgIpc) is 2.64. The van der Waals surface area contributed by atoms with E-state index in [1.165, 1.54) is 0 Å². The molecule has 0 saturated heterocycles. The summed E-state index contributed by atoms with van der Waals surface area (Å²) >= 11 is 0. The van der Waals surface area contributed by atoms with Gasteiger partial charge in [0.25, 0.3) is 0 Å². The summed E-state index contributed by atoms with van der Waals surface area (Å²) < 4.78 is 0. The summed E-state index contributed by atoms with van der Waals surface area (Å²) in [4.78, 5) is 12.3. The number of carbonyl (C=O) groups excluding carboxylic acids is 1. The van der Waals surface area contributed by atoms with E-state index in [4.69, 9.17) is 5.26 Å². The van der Waals surface area contributed by atoms with Crippen LogP contribution in [0.1, 0.15) is 15.9 Å². The number of Topliss-reactive ketones (excluding diaryl/α,β-unsaturated/α-hetero) is 1. The lowest BCUT2D eigenvalue weighted by Gasteiger charge is -2.20. The van der Waals surface area contributed by atoms with Crippen LogP contribution in [0.5, 0.6) is 0 Å². The number of benzene rings is 2. The third-order valence-corrected chi connectivity index (χ3v) is 3.44. The molecule has 2 aromatic carbocycles. The maximum absolute atomic E-state index is 12.3. The molecule has 18 heavy (non-hydrogen) atoms. The lowest BCUT2D eigenvalue weighted by molar-refractivity contribution is 0.0519. The van der Waals surface area contributed by atoms with Crippen LogP contribution in [0, 0.1) is 11.3 Å². The second-order valence-corrected chi connectivity index (χ2v) is 4.34. The number of ketones is 1. The van der Waals surface area contributed by atoms with Gasteiger partial charge in [-0.05, 0) is 10.8 Å². The molecule has 3 heteroatoms. The molecular weight excluding hydrogens is 226 g/mol. The highest BCUT2D eigenvalue weighted by Crippen LogP contribution is 2.44. The number of nitriles is 1.